The fourth-order valence-corrected chi connectivity index (χ4v) is 2.85. The molecule has 1 unspecified atom stereocenters. The molecule has 2 heterocycles. The molecule has 3 N–H and O–H groups in total. The fraction of sp³-hybridized carbons (Fsp3) is 0.533. The molecule has 0 bridgehead atoms. The molecule has 108 valence electrons. The van der Waals surface area contributed by atoms with Gasteiger partial charge >= 0.3 is 0 Å². The largest absolute Gasteiger partial charge is 0.397 e. The average molecular weight is 274 g/mol. The standard InChI is InChI=1S/C15H22N4O/c1-2-6-20-12-4-3-5-19(10-12)15-8-14-11(7-13(15)16)9-17-18-14/h7-9,12H,2-6,10,16H2,1H3,(H,17,18). The first kappa shape index (κ1) is 13.2. The van der Waals surface area contributed by atoms with Gasteiger partial charge in [0.05, 0.1) is 29.2 Å². The van der Waals surface area contributed by atoms with Crippen molar-refractivity contribution in [2.45, 2.75) is 32.3 Å². The molecule has 1 aliphatic heterocycles. The second-order valence-electron chi connectivity index (χ2n) is 5.45. The number of hydrogen-bond acceptors (Lipinski definition) is 4. The van der Waals surface area contributed by atoms with Crippen molar-refractivity contribution in [3.05, 3.63) is 18.3 Å². The fourth-order valence-electron chi connectivity index (χ4n) is 2.85. The number of piperidine rings is 1. The highest BCUT2D eigenvalue weighted by molar-refractivity contribution is 5.88. The summed E-state index contributed by atoms with van der Waals surface area (Å²) in [5, 5.41) is 8.13. The lowest BCUT2D eigenvalue weighted by Gasteiger charge is -2.35. The smallest absolute Gasteiger partial charge is 0.0750 e. The number of aromatic nitrogens is 2. The van der Waals surface area contributed by atoms with Gasteiger partial charge in [-0.3, -0.25) is 5.10 Å². The Balaban J connectivity index is 1.80. The first-order valence-corrected chi connectivity index (χ1v) is 7.37. The van der Waals surface area contributed by atoms with Crippen LogP contribution >= 0.6 is 0 Å². The number of aromatic amines is 1. The maximum atomic E-state index is 6.20. The lowest BCUT2D eigenvalue weighted by atomic mass is 10.1. The summed E-state index contributed by atoms with van der Waals surface area (Å²) in [7, 11) is 0. The third-order valence-electron chi connectivity index (χ3n) is 3.86. The highest BCUT2D eigenvalue weighted by Crippen LogP contribution is 2.30. The van der Waals surface area contributed by atoms with Gasteiger partial charge in [-0.15, -0.1) is 0 Å². The van der Waals surface area contributed by atoms with E-state index >= 15 is 0 Å². The van der Waals surface area contributed by atoms with E-state index in [4.69, 9.17) is 10.5 Å². The molecule has 2 aromatic rings. The van der Waals surface area contributed by atoms with E-state index in [1.165, 1.54) is 0 Å². The number of benzene rings is 1. The molecule has 0 spiro atoms. The van der Waals surface area contributed by atoms with Crippen LogP contribution in [0.1, 0.15) is 26.2 Å². The van der Waals surface area contributed by atoms with E-state index in [0.29, 0.717) is 6.10 Å². The topological polar surface area (TPSA) is 67.2 Å². The minimum atomic E-state index is 0.320. The zero-order chi connectivity index (χ0) is 13.9. The molecule has 20 heavy (non-hydrogen) atoms. The Morgan fingerprint density at radius 2 is 2.40 bits per heavy atom. The normalized spacial score (nSPS) is 19.6. The van der Waals surface area contributed by atoms with Crippen LogP contribution in [0.15, 0.2) is 18.3 Å². The third-order valence-corrected chi connectivity index (χ3v) is 3.86. The number of rotatable bonds is 4. The first-order chi connectivity index (χ1) is 9.78. The van der Waals surface area contributed by atoms with Gasteiger partial charge < -0.3 is 15.4 Å². The van der Waals surface area contributed by atoms with Crippen molar-refractivity contribution in [2.75, 3.05) is 30.3 Å². The van der Waals surface area contributed by atoms with Crippen molar-refractivity contribution < 1.29 is 4.74 Å². The zero-order valence-corrected chi connectivity index (χ0v) is 11.9. The maximum Gasteiger partial charge on any atom is 0.0750 e. The average Bonchev–Trinajstić information content (AvgIpc) is 2.91. The molecular formula is C15H22N4O. The van der Waals surface area contributed by atoms with Crippen LogP contribution in [0.2, 0.25) is 0 Å². The second kappa shape index (κ2) is 5.71. The van der Waals surface area contributed by atoms with Crippen LogP contribution in [-0.2, 0) is 4.74 Å². The summed E-state index contributed by atoms with van der Waals surface area (Å²) in [6, 6.07) is 4.09. The Hall–Kier alpha value is -1.75. The Bertz CT molecular complexity index is 580. The summed E-state index contributed by atoms with van der Waals surface area (Å²) in [5.41, 5.74) is 9.14. The van der Waals surface area contributed by atoms with E-state index in [9.17, 15) is 0 Å². The third kappa shape index (κ3) is 2.58. The zero-order valence-electron chi connectivity index (χ0n) is 11.9. The molecule has 0 amide bonds. The minimum Gasteiger partial charge on any atom is -0.397 e. The second-order valence-corrected chi connectivity index (χ2v) is 5.45. The van der Waals surface area contributed by atoms with Crippen LogP contribution < -0.4 is 10.6 Å². The van der Waals surface area contributed by atoms with E-state index in [1.54, 1.807) is 6.20 Å². The molecule has 1 aliphatic rings. The molecular weight excluding hydrogens is 252 g/mol. The van der Waals surface area contributed by atoms with E-state index < -0.39 is 0 Å². The number of fused-ring (bicyclic) bond motifs is 1. The highest BCUT2D eigenvalue weighted by atomic mass is 16.5. The first-order valence-electron chi connectivity index (χ1n) is 7.37. The summed E-state index contributed by atoms with van der Waals surface area (Å²) in [4.78, 5) is 2.33. The van der Waals surface area contributed by atoms with Crippen molar-refractivity contribution in [1.29, 1.82) is 0 Å². The van der Waals surface area contributed by atoms with Crippen molar-refractivity contribution in [3.63, 3.8) is 0 Å². The van der Waals surface area contributed by atoms with Crippen LogP contribution in [0.5, 0.6) is 0 Å². The molecule has 5 nitrogen and oxygen atoms in total. The van der Waals surface area contributed by atoms with Crippen LogP contribution in [-0.4, -0.2) is 36.0 Å². The summed E-state index contributed by atoms with van der Waals surface area (Å²) >= 11 is 0. The predicted molar refractivity (Wildman–Crippen MR) is 82.0 cm³/mol. The quantitative estimate of drug-likeness (QED) is 0.841. The van der Waals surface area contributed by atoms with Crippen molar-refractivity contribution in [1.82, 2.24) is 10.2 Å². The van der Waals surface area contributed by atoms with Gasteiger partial charge in [0.1, 0.15) is 0 Å². The number of nitrogen functional groups attached to an aromatic ring is 1. The van der Waals surface area contributed by atoms with Crippen LogP contribution in [0.25, 0.3) is 10.9 Å². The lowest BCUT2D eigenvalue weighted by Crippen LogP contribution is -2.40. The van der Waals surface area contributed by atoms with Gasteiger partial charge in [0, 0.05) is 25.1 Å². The number of hydrogen-bond donors (Lipinski definition) is 2. The SMILES string of the molecule is CCCOC1CCCN(c2cc3[nH]ncc3cc2N)C1. The predicted octanol–water partition coefficient (Wildman–Crippen LogP) is 2.54. The van der Waals surface area contributed by atoms with Crippen LogP contribution in [0.4, 0.5) is 11.4 Å². The van der Waals surface area contributed by atoms with Gasteiger partial charge in [0.25, 0.3) is 0 Å². The Labute approximate surface area is 119 Å². The number of anilines is 2. The molecule has 1 aromatic heterocycles. The molecule has 0 saturated carbocycles. The molecule has 1 atom stereocenters. The van der Waals surface area contributed by atoms with Crippen LogP contribution in [0, 0.1) is 0 Å². The van der Waals surface area contributed by atoms with Gasteiger partial charge in [0.2, 0.25) is 0 Å². The van der Waals surface area contributed by atoms with Gasteiger partial charge in [-0.1, -0.05) is 6.92 Å². The Morgan fingerprint density at radius 3 is 3.25 bits per heavy atom. The minimum absolute atomic E-state index is 0.320. The van der Waals surface area contributed by atoms with Crippen molar-refractivity contribution in [2.24, 2.45) is 0 Å². The van der Waals surface area contributed by atoms with Gasteiger partial charge in [-0.2, -0.15) is 5.10 Å². The number of H-pyrrole nitrogens is 1. The van der Waals surface area contributed by atoms with E-state index in [1.807, 2.05) is 6.07 Å². The highest BCUT2D eigenvalue weighted by Gasteiger charge is 2.22. The van der Waals surface area contributed by atoms with Crippen molar-refractivity contribution in [3.8, 4) is 0 Å². The summed E-state index contributed by atoms with van der Waals surface area (Å²) in [5.74, 6) is 0. The molecule has 0 radical (unpaired) electrons. The number of nitrogens with two attached hydrogens (primary N) is 1. The molecule has 0 aliphatic carbocycles. The number of nitrogens with zero attached hydrogens (tertiary/aromatic N) is 2. The summed E-state index contributed by atoms with van der Waals surface area (Å²) < 4.78 is 5.89. The Kier molecular flexibility index (Phi) is 3.78. The molecule has 3 rings (SSSR count). The lowest BCUT2D eigenvalue weighted by molar-refractivity contribution is 0.0441. The van der Waals surface area contributed by atoms with E-state index in [2.05, 4.69) is 28.1 Å². The van der Waals surface area contributed by atoms with Crippen molar-refractivity contribution >= 4 is 22.3 Å². The van der Waals surface area contributed by atoms with Gasteiger partial charge in [0.15, 0.2) is 0 Å². The molecule has 5 heteroatoms. The molecule has 1 saturated heterocycles. The monoisotopic (exact) mass is 274 g/mol. The maximum absolute atomic E-state index is 6.20. The van der Waals surface area contributed by atoms with E-state index in [-0.39, 0.29) is 0 Å². The van der Waals surface area contributed by atoms with Crippen LogP contribution in [0.3, 0.4) is 0 Å². The van der Waals surface area contributed by atoms with E-state index in [0.717, 1.165) is 61.2 Å². The number of ether oxygens (including phenoxy) is 1. The summed E-state index contributed by atoms with van der Waals surface area (Å²) in [6.45, 7) is 4.94. The van der Waals surface area contributed by atoms with Gasteiger partial charge in [-0.25, -0.2) is 0 Å². The Morgan fingerprint density at radius 1 is 1.50 bits per heavy atom. The van der Waals surface area contributed by atoms with Gasteiger partial charge in [-0.05, 0) is 31.4 Å². The summed E-state index contributed by atoms with van der Waals surface area (Å²) in [6.07, 6.45) is 5.48. The number of nitrogens with one attached hydrogen (secondary N) is 1. The molecule has 1 aromatic carbocycles. The molecule has 1 fully saturated rings.